The van der Waals surface area contributed by atoms with Gasteiger partial charge in [-0.25, -0.2) is 4.98 Å². The maximum atomic E-state index is 5.45. The molecule has 4 rings (SSSR count). The smallest absolute Gasteiger partial charge is 0.173 e. The van der Waals surface area contributed by atoms with E-state index in [4.69, 9.17) is 4.42 Å². The van der Waals surface area contributed by atoms with Crippen LogP contribution in [0.25, 0.3) is 11.6 Å². The molecule has 1 fully saturated rings. The molecule has 1 saturated heterocycles. The molecule has 3 heterocycles. The zero-order valence-electron chi connectivity index (χ0n) is 12.4. The Hall–Kier alpha value is -2.33. The van der Waals surface area contributed by atoms with E-state index in [1.165, 1.54) is 11.3 Å². The Kier molecular flexibility index (Phi) is 3.31. The Morgan fingerprint density at radius 2 is 1.82 bits per heavy atom. The lowest BCUT2D eigenvalue weighted by atomic mass is 9.71. The average molecular weight is 293 g/mol. The fraction of sp³-hybridized carbons (Fsp3) is 0.278. The fourth-order valence-corrected chi connectivity index (χ4v) is 3.43. The van der Waals surface area contributed by atoms with E-state index in [-0.39, 0.29) is 5.41 Å². The minimum absolute atomic E-state index is 0.00432. The molecule has 4 nitrogen and oxygen atoms in total. The number of furan rings is 1. The number of aromatic nitrogens is 2. The van der Waals surface area contributed by atoms with Gasteiger partial charge in [0.1, 0.15) is 0 Å². The third-order valence-corrected chi connectivity index (χ3v) is 4.63. The summed E-state index contributed by atoms with van der Waals surface area (Å²) < 4.78 is 5.45. The van der Waals surface area contributed by atoms with E-state index < -0.39 is 0 Å². The number of benzene rings is 1. The van der Waals surface area contributed by atoms with Crippen LogP contribution in [0.5, 0.6) is 0 Å². The monoisotopic (exact) mass is 293 g/mol. The third-order valence-electron chi connectivity index (χ3n) is 4.63. The van der Waals surface area contributed by atoms with Crippen LogP contribution in [0.3, 0.4) is 0 Å². The Labute approximate surface area is 129 Å². The number of H-pyrrole nitrogens is 1. The molecule has 1 aliphatic heterocycles. The molecule has 0 saturated carbocycles. The zero-order valence-corrected chi connectivity index (χ0v) is 12.4. The van der Waals surface area contributed by atoms with Crippen molar-refractivity contribution in [3.63, 3.8) is 0 Å². The summed E-state index contributed by atoms with van der Waals surface area (Å²) in [6.45, 7) is 2.04. The van der Waals surface area contributed by atoms with Gasteiger partial charge in [0, 0.05) is 17.3 Å². The Balaban J connectivity index is 1.78. The van der Waals surface area contributed by atoms with Crippen LogP contribution >= 0.6 is 0 Å². The summed E-state index contributed by atoms with van der Waals surface area (Å²) in [6.07, 6.45) is 5.78. The molecule has 2 N–H and O–H groups in total. The number of nitrogens with zero attached hydrogens (tertiary/aromatic N) is 1. The average Bonchev–Trinajstić information content (AvgIpc) is 3.28. The number of hydrogen-bond acceptors (Lipinski definition) is 3. The minimum atomic E-state index is 0.00432. The number of rotatable bonds is 3. The predicted octanol–water partition coefficient (Wildman–Crippen LogP) is 3.34. The highest BCUT2D eigenvalue weighted by Crippen LogP contribution is 2.39. The molecule has 0 atom stereocenters. The van der Waals surface area contributed by atoms with Crippen molar-refractivity contribution in [3.05, 3.63) is 66.2 Å². The Morgan fingerprint density at radius 1 is 1.00 bits per heavy atom. The number of imidazole rings is 1. The highest BCUT2D eigenvalue weighted by Gasteiger charge is 2.37. The second-order valence-corrected chi connectivity index (χ2v) is 5.82. The van der Waals surface area contributed by atoms with E-state index in [0.717, 1.165) is 37.5 Å². The summed E-state index contributed by atoms with van der Waals surface area (Å²) in [4.78, 5) is 8.03. The number of hydrogen-bond donors (Lipinski definition) is 2. The number of piperidine rings is 1. The molecule has 2 aromatic heterocycles. The van der Waals surface area contributed by atoms with Crippen LogP contribution in [-0.4, -0.2) is 23.1 Å². The normalized spacial score (nSPS) is 17.5. The lowest BCUT2D eigenvalue weighted by molar-refractivity contribution is 0.355. The van der Waals surface area contributed by atoms with Crippen molar-refractivity contribution in [2.24, 2.45) is 0 Å². The van der Waals surface area contributed by atoms with Crippen LogP contribution in [0.2, 0.25) is 0 Å². The summed E-state index contributed by atoms with van der Waals surface area (Å²) in [5, 5.41) is 3.46. The molecule has 0 aliphatic carbocycles. The molecule has 0 amide bonds. The van der Waals surface area contributed by atoms with Gasteiger partial charge in [0.25, 0.3) is 0 Å². The predicted molar refractivity (Wildman–Crippen MR) is 85.6 cm³/mol. The van der Waals surface area contributed by atoms with Crippen molar-refractivity contribution in [2.45, 2.75) is 18.3 Å². The van der Waals surface area contributed by atoms with E-state index in [9.17, 15) is 0 Å². The van der Waals surface area contributed by atoms with Crippen molar-refractivity contribution >= 4 is 0 Å². The van der Waals surface area contributed by atoms with Crippen LogP contribution in [0.4, 0.5) is 0 Å². The lowest BCUT2D eigenvalue weighted by Gasteiger charge is -2.37. The maximum absolute atomic E-state index is 5.45. The van der Waals surface area contributed by atoms with Gasteiger partial charge in [0.2, 0.25) is 0 Å². The molecule has 1 aliphatic rings. The molecule has 0 unspecified atom stereocenters. The first-order valence-electron chi connectivity index (χ1n) is 7.74. The van der Waals surface area contributed by atoms with Crippen molar-refractivity contribution in [1.82, 2.24) is 15.3 Å². The van der Waals surface area contributed by atoms with Gasteiger partial charge in [-0.05, 0) is 43.6 Å². The molecule has 0 spiro atoms. The van der Waals surface area contributed by atoms with Crippen LogP contribution in [0, 0.1) is 0 Å². The van der Waals surface area contributed by atoms with Gasteiger partial charge in [-0.15, -0.1) is 0 Å². The van der Waals surface area contributed by atoms with E-state index >= 15 is 0 Å². The summed E-state index contributed by atoms with van der Waals surface area (Å²) in [7, 11) is 0. The Bertz CT molecular complexity index is 725. The second-order valence-electron chi connectivity index (χ2n) is 5.82. The minimum Gasteiger partial charge on any atom is -0.461 e. The molecule has 3 aromatic rings. The standard InChI is InChI=1S/C18H19N3O/c1-2-5-14(6-3-1)18(8-10-19-11-9-18)16-13-20-17(21-16)15-7-4-12-22-15/h1-7,12-13,19H,8-11H2,(H,20,21). The van der Waals surface area contributed by atoms with E-state index in [0.29, 0.717) is 0 Å². The molecule has 4 heteroatoms. The van der Waals surface area contributed by atoms with Gasteiger partial charge in [-0.1, -0.05) is 30.3 Å². The third kappa shape index (κ3) is 2.16. The fourth-order valence-electron chi connectivity index (χ4n) is 3.43. The topological polar surface area (TPSA) is 53.9 Å². The SMILES string of the molecule is c1ccc(C2(c3cnc(-c4ccco4)[nH]3)CCNCC2)cc1. The first-order chi connectivity index (χ1) is 10.9. The van der Waals surface area contributed by atoms with E-state index in [1.54, 1.807) is 6.26 Å². The van der Waals surface area contributed by atoms with Gasteiger partial charge < -0.3 is 14.7 Å². The first-order valence-corrected chi connectivity index (χ1v) is 7.74. The van der Waals surface area contributed by atoms with Gasteiger partial charge in [0.05, 0.1) is 6.26 Å². The molecular weight excluding hydrogens is 274 g/mol. The quantitative estimate of drug-likeness (QED) is 0.778. The van der Waals surface area contributed by atoms with E-state index in [2.05, 4.69) is 45.6 Å². The van der Waals surface area contributed by atoms with Crippen LogP contribution < -0.4 is 5.32 Å². The lowest BCUT2D eigenvalue weighted by Crippen LogP contribution is -2.41. The summed E-state index contributed by atoms with van der Waals surface area (Å²) in [5.74, 6) is 1.58. The van der Waals surface area contributed by atoms with Gasteiger partial charge in [-0.3, -0.25) is 0 Å². The van der Waals surface area contributed by atoms with Crippen molar-refractivity contribution in [1.29, 1.82) is 0 Å². The second kappa shape index (κ2) is 5.46. The number of nitrogens with one attached hydrogen (secondary N) is 2. The van der Waals surface area contributed by atoms with Crippen molar-refractivity contribution in [2.75, 3.05) is 13.1 Å². The molecule has 0 radical (unpaired) electrons. The molecule has 22 heavy (non-hydrogen) atoms. The highest BCUT2D eigenvalue weighted by molar-refractivity contribution is 5.48. The van der Waals surface area contributed by atoms with Crippen molar-refractivity contribution < 1.29 is 4.42 Å². The van der Waals surface area contributed by atoms with Gasteiger partial charge in [0.15, 0.2) is 11.6 Å². The zero-order chi connectivity index (χ0) is 14.8. The summed E-state index contributed by atoms with van der Waals surface area (Å²) in [5.41, 5.74) is 2.53. The summed E-state index contributed by atoms with van der Waals surface area (Å²) >= 11 is 0. The van der Waals surface area contributed by atoms with Crippen molar-refractivity contribution in [3.8, 4) is 11.6 Å². The maximum Gasteiger partial charge on any atom is 0.173 e. The highest BCUT2D eigenvalue weighted by atomic mass is 16.3. The van der Waals surface area contributed by atoms with Gasteiger partial charge >= 0.3 is 0 Å². The Morgan fingerprint density at radius 3 is 2.55 bits per heavy atom. The molecular formula is C18H19N3O. The molecule has 1 aromatic carbocycles. The summed E-state index contributed by atoms with van der Waals surface area (Å²) in [6, 6.07) is 14.6. The molecule has 0 bridgehead atoms. The van der Waals surface area contributed by atoms with Crippen LogP contribution in [0.1, 0.15) is 24.1 Å². The van der Waals surface area contributed by atoms with E-state index in [1.807, 2.05) is 18.3 Å². The van der Waals surface area contributed by atoms with Crippen LogP contribution in [-0.2, 0) is 5.41 Å². The largest absolute Gasteiger partial charge is 0.461 e. The van der Waals surface area contributed by atoms with Gasteiger partial charge in [-0.2, -0.15) is 0 Å². The molecule has 112 valence electrons. The number of aromatic amines is 1. The van der Waals surface area contributed by atoms with Crippen LogP contribution in [0.15, 0.2) is 59.3 Å². The first kappa shape index (κ1) is 13.3.